The lowest BCUT2D eigenvalue weighted by molar-refractivity contribution is -0.152. The third kappa shape index (κ3) is 4.32. The van der Waals surface area contributed by atoms with Crippen LogP contribution in [0.15, 0.2) is 22.8 Å². The zero-order valence-corrected chi connectivity index (χ0v) is 17.0. The molecule has 1 unspecified atom stereocenters. The second-order valence-corrected chi connectivity index (χ2v) is 10.1. The standard InChI is InChI=1S/C17H19BrF4N2O2S/c1-9(2)7-24-8-12(11-5-14(19)13(18)6-15(11)24)16(17(20,21)22)23-27(25,26)10-3-4-10/h5-6,8-10,16,23H,3-4,7H2,1-2H3. The molecule has 1 aromatic heterocycles. The summed E-state index contributed by atoms with van der Waals surface area (Å²) in [7, 11) is -4.10. The van der Waals surface area contributed by atoms with E-state index in [0.29, 0.717) is 24.9 Å². The van der Waals surface area contributed by atoms with Crippen molar-refractivity contribution in [2.75, 3.05) is 0 Å². The van der Waals surface area contributed by atoms with Gasteiger partial charge in [0.1, 0.15) is 11.9 Å². The number of hydrogen-bond acceptors (Lipinski definition) is 2. The lowest BCUT2D eigenvalue weighted by atomic mass is 10.1. The Morgan fingerprint density at radius 2 is 1.93 bits per heavy atom. The first-order valence-electron chi connectivity index (χ1n) is 8.45. The molecule has 1 N–H and O–H groups in total. The van der Waals surface area contributed by atoms with Crippen LogP contribution in [0.5, 0.6) is 0 Å². The third-order valence-corrected chi connectivity index (χ3v) is 6.92. The maximum atomic E-state index is 14.1. The minimum atomic E-state index is -4.86. The summed E-state index contributed by atoms with van der Waals surface area (Å²) in [6.45, 7) is 4.22. The van der Waals surface area contributed by atoms with Crippen molar-refractivity contribution in [3.63, 3.8) is 0 Å². The van der Waals surface area contributed by atoms with Crippen molar-refractivity contribution >= 4 is 36.9 Å². The molecule has 1 aromatic carbocycles. The molecule has 1 saturated carbocycles. The topological polar surface area (TPSA) is 51.1 Å². The molecule has 0 aliphatic heterocycles. The fraction of sp³-hybridized carbons (Fsp3) is 0.529. The number of hydrogen-bond donors (Lipinski definition) is 1. The molecule has 0 spiro atoms. The van der Waals surface area contributed by atoms with E-state index in [1.165, 1.54) is 12.3 Å². The third-order valence-electron chi connectivity index (χ3n) is 4.40. The Hall–Kier alpha value is -1.13. The predicted octanol–water partition coefficient (Wildman–Crippen LogP) is 4.88. The van der Waals surface area contributed by atoms with Gasteiger partial charge in [-0.25, -0.2) is 12.8 Å². The SMILES string of the molecule is CC(C)Cn1cc(C(NS(=O)(=O)C2CC2)C(F)(F)F)c2cc(F)c(Br)cc21. The summed E-state index contributed by atoms with van der Waals surface area (Å²) in [5, 5.41) is -0.755. The summed E-state index contributed by atoms with van der Waals surface area (Å²) in [5.74, 6) is -0.582. The summed E-state index contributed by atoms with van der Waals surface area (Å²) in [4.78, 5) is 0. The van der Waals surface area contributed by atoms with Crippen LogP contribution in [0.1, 0.15) is 38.3 Å². The van der Waals surface area contributed by atoms with Gasteiger partial charge in [0.2, 0.25) is 10.0 Å². The van der Waals surface area contributed by atoms with Gasteiger partial charge in [-0.2, -0.15) is 17.9 Å². The molecule has 0 bridgehead atoms. The first-order valence-corrected chi connectivity index (χ1v) is 10.8. The Morgan fingerprint density at radius 1 is 1.30 bits per heavy atom. The molecule has 1 aliphatic carbocycles. The smallest absolute Gasteiger partial charge is 0.347 e. The zero-order valence-electron chi connectivity index (χ0n) is 14.6. The number of halogens is 5. The number of alkyl halides is 3. The predicted molar refractivity (Wildman–Crippen MR) is 98.3 cm³/mol. The van der Waals surface area contributed by atoms with Gasteiger partial charge >= 0.3 is 6.18 Å². The number of sulfonamides is 1. The van der Waals surface area contributed by atoms with Gasteiger partial charge in [0.25, 0.3) is 0 Å². The van der Waals surface area contributed by atoms with Crippen LogP contribution >= 0.6 is 15.9 Å². The average Bonchev–Trinajstić information content (AvgIpc) is 3.32. The molecule has 4 nitrogen and oxygen atoms in total. The Morgan fingerprint density at radius 3 is 2.44 bits per heavy atom. The molecule has 1 atom stereocenters. The van der Waals surface area contributed by atoms with Crippen LogP contribution in [-0.2, 0) is 16.6 Å². The molecular weight excluding hydrogens is 452 g/mol. The highest BCUT2D eigenvalue weighted by Gasteiger charge is 2.47. The second-order valence-electron chi connectivity index (χ2n) is 7.25. The van der Waals surface area contributed by atoms with Gasteiger partial charge in [0, 0.05) is 29.2 Å². The Balaban J connectivity index is 2.17. The first-order chi connectivity index (χ1) is 12.4. The van der Waals surface area contributed by atoms with Gasteiger partial charge in [-0.15, -0.1) is 0 Å². The summed E-state index contributed by atoms with van der Waals surface area (Å²) in [6.07, 6.45) is -2.90. The molecule has 27 heavy (non-hydrogen) atoms. The van der Waals surface area contributed by atoms with Gasteiger partial charge in [-0.05, 0) is 46.8 Å². The van der Waals surface area contributed by atoms with E-state index in [9.17, 15) is 26.0 Å². The summed E-state index contributed by atoms with van der Waals surface area (Å²) >= 11 is 3.06. The van der Waals surface area contributed by atoms with E-state index < -0.39 is 33.3 Å². The summed E-state index contributed by atoms with van der Waals surface area (Å²) in [6, 6.07) is -0.00523. The fourth-order valence-electron chi connectivity index (χ4n) is 3.03. The molecule has 10 heteroatoms. The van der Waals surface area contributed by atoms with Crippen LogP contribution in [-0.4, -0.2) is 24.4 Å². The van der Waals surface area contributed by atoms with E-state index in [0.717, 1.165) is 6.07 Å². The van der Waals surface area contributed by atoms with Crippen LogP contribution < -0.4 is 4.72 Å². The highest BCUT2D eigenvalue weighted by atomic mass is 79.9. The molecular formula is C17H19BrF4N2O2S. The van der Waals surface area contributed by atoms with Crippen molar-refractivity contribution in [3.05, 3.63) is 34.2 Å². The molecule has 3 rings (SSSR count). The Kier molecular flexibility index (Phi) is 5.37. The van der Waals surface area contributed by atoms with Crippen molar-refractivity contribution in [2.24, 2.45) is 5.92 Å². The van der Waals surface area contributed by atoms with Crippen molar-refractivity contribution < 1.29 is 26.0 Å². The average molecular weight is 471 g/mol. The van der Waals surface area contributed by atoms with Crippen molar-refractivity contribution in [3.8, 4) is 0 Å². The maximum absolute atomic E-state index is 14.1. The van der Waals surface area contributed by atoms with Crippen molar-refractivity contribution in [1.29, 1.82) is 0 Å². The van der Waals surface area contributed by atoms with Crippen LogP contribution in [0, 0.1) is 11.7 Å². The highest BCUT2D eigenvalue weighted by molar-refractivity contribution is 9.10. The number of nitrogens with one attached hydrogen (secondary N) is 1. The minimum Gasteiger partial charge on any atom is -0.347 e. The molecule has 150 valence electrons. The first kappa shape index (κ1) is 20.6. The molecule has 1 aliphatic rings. The zero-order chi connectivity index (χ0) is 20.1. The van der Waals surface area contributed by atoms with E-state index in [1.54, 1.807) is 9.29 Å². The normalized spacial score (nSPS) is 17.0. The van der Waals surface area contributed by atoms with Gasteiger partial charge < -0.3 is 4.57 Å². The van der Waals surface area contributed by atoms with Gasteiger partial charge in [0.05, 0.1) is 9.72 Å². The van der Waals surface area contributed by atoms with Crippen LogP contribution in [0.25, 0.3) is 10.9 Å². The maximum Gasteiger partial charge on any atom is 0.408 e. The van der Waals surface area contributed by atoms with Gasteiger partial charge in [-0.3, -0.25) is 0 Å². The van der Waals surface area contributed by atoms with Crippen molar-refractivity contribution in [2.45, 2.75) is 50.7 Å². The number of aromatic nitrogens is 1. The number of nitrogens with zero attached hydrogens (tertiary/aromatic N) is 1. The lowest BCUT2D eigenvalue weighted by Gasteiger charge is -2.21. The van der Waals surface area contributed by atoms with Crippen LogP contribution in [0.2, 0.25) is 0 Å². The van der Waals surface area contributed by atoms with Crippen LogP contribution in [0.3, 0.4) is 0 Å². The molecule has 2 aromatic rings. The molecule has 1 heterocycles. The molecule has 0 saturated heterocycles. The fourth-order valence-corrected chi connectivity index (χ4v) is 4.90. The van der Waals surface area contributed by atoms with E-state index in [1.807, 2.05) is 13.8 Å². The summed E-state index contributed by atoms with van der Waals surface area (Å²) in [5.41, 5.74) is 0.112. The lowest BCUT2D eigenvalue weighted by Crippen LogP contribution is -2.39. The molecule has 1 fully saturated rings. The summed E-state index contributed by atoms with van der Waals surface area (Å²) < 4.78 is 83.2. The van der Waals surface area contributed by atoms with E-state index in [4.69, 9.17) is 0 Å². The monoisotopic (exact) mass is 470 g/mol. The quantitative estimate of drug-likeness (QED) is 0.611. The van der Waals surface area contributed by atoms with E-state index in [2.05, 4.69) is 15.9 Å². The number of rotatable bonds is 6. The Labute approximate surface area is 163 Å². The number of benzene rings is 1. The largest absolute Gasteiger partial charge is 0.408 e. The Bertz CT molecular complexity index is 965. The van der Waals surface area contributed by atoms with Crippen molar-refractivity contribution in [1.82, 2.24) is 9.29 Å². The van der Waals surface area contributed by atoms with Gasteiger partial charge in [0.15, 0.2) is 0 Å². The number of fused-ring (bicyclic) bond motifs is 1. The van der Waals surface area contributed by atoms with Crippen LogP contribution in [0.4, 0.5) is 17.6 Å². The minimum absolute atomic E-state index is 0.0390. The molecule has 0 radical (unpaired) electrons. The van der Waals surface area contributed by atoms with E-state index >= 15 is 0 Å². The van der Waals surface area contributed by atoms with E-state index in [-0.39, 0.29) is 21.3 Å². The van der Waals surface area contributed by atoms with Gasteiger partial charge in [-0.1, -0.05) is 13.8 Å². The highest BCUT2D eigenvalue weighted by Crippen LogP contribution is 2.40. The molecule has 0 amide bonds. The second kappa shape index (κ2) is 7.04.